The van der Waals surface area contributed by atoms with Crippen molar-refractivity contribution in [3.05, 3.63) is 29.8 Å². The number of alkyl carbamates (subject to hydrolysis) is 1. The number of para-hydroxylation sites is 1. The van der Waals surface area contributed by atoms with Gasteiger partial charge in [-0.2, -0.15) is 0 Å². The van der Waals surface area contributed by atoms with Gasteiger partial charge in [-0.1, -0.05) is 52.7 Å². The highest BCUT2D eigenvalue weighted by atomic mass is 16.6. The number of nitrogens with one attached hydrogen (secondary N) is 1. The number of rotatable bonds is 1. The first-order valence-electron chi connectivity index (χ1n) is 14.2. The topological polar surface area (TPSA) is 138 Å². The van der Waals surface area contributed by atoms with Gasteiger partial charge in [0, 0.05) is 17.7 Å². The van der Waals surface area contributed by atoms with Crippen molar-refractivity contribution in [3.63, 3.8) is 0 Å². The molecule has 0 radical (unpaired) electrons. The van der Waals surface area contributed by atoms with E-state index in [2.05, 4.69) is 12.2 Å². The molecule has 2 fully saturated rings. The van der Waals surface area contributed by atoms with Crippen LogP contribution in [0.25, 0.3) is 10.9 Å². The van der Waals surface area contributed by atoms with Crippen molar-refractivity contribution in [1.82, 2.24) is 15.2 Å². The zero-order valence-electron chi connectivity index (χ0n) is 23.6. The van der Waals surface area contributed by atoms with Gasteiger partial charge in [-0.05, 0) is 42.7 Å². The number of aliphatic carboxylic acids is 1. The largest absolute Gasteiger partial charge is 0.507 e. The number of fused-ring (bicyclic) bond motifs is 5. The molecule has 10 heteroatoms. The average molecular weight is 554 g/mol. The Labute approximate surface area is 234 Å². The van der Waals surface area contributed by atoms with Crippen LogP contribution >= 0.6 is 0 Å². The van der Waals surface area contributed by atoms with Gasteiger partial charge in [0.2, 0.25) is 11.8 Å². The SMILES string of the molecule is CC1[C@H]2CCCCCc3c(nc4ccccc4c3O)O[C@@H]3C[C@@H](C(=O)O)N(C3)C(=O)[C@H](C(C)(C)C)NC(=O)O[C@H]12. The van der Waals surface area contributed by atoms with Crippen molar-refractivity contribution in [2.24, 2.45) is 17.3 Å². The minimum atomic E-state index is -1.15. The van der Waals surface area contributed by atoms with E-state index in [4.69, 9.17) is 14.5 Å². The zero-order chi connectivity index (χ0) is 28.8. The summed E-state index contributed by atoms with van der Waals surface area (Å²) in [6.07, 6.45) is 2.68. The van der Waals surface area contributed by atoms with Crippen molar-refractivity contribution < 1.29 is 34.1 Å². The molecule has 2 bridgehead atoms. The molecular weight excluding hydrogens is 514 g/mol. The lowest BCUT2D eigenvalue weighted by atomic mass is 9.85. The predicted octanol–water partition coefficient (Wildman–Crippen LogP) is 4.27. The summed E-state index contributed by atoms with van der Waals surface area (Å²) in [6.45, 7) is 7.52. The van der Waals surface area contributed by atoms with E-state index in [9.17, 15) is 24.6 Å². The van der Waals surface area contributed by atoms with Gasteiger partial charge in [0.15, 0.2) is 0 Å². The molecule has 2 amide bonds. The third-order valence-electron chi connectivity index (χ3n) is 8.59. The van der Waals surface area contributed by atoms with Crippen molar-refractivity contribution in [2.75, 3.05) is 6.54 Å². The number of pyridine rings is 1. The van der Waals surface area contributed by atoms with Crippen molar-refractivity contribution in [1.29, 1.82) is 0 Å². The Kier molecular flexibility index (Phi) is 7.54. The molecule has 3 heterocycles. The first-order valence-corrected chi connectivity index (χ1v) is 14.2. The van der Waals surface area contributed by atoms with Gasteiger partial charge < -0.3 is 29.9 Å². The van der Waals surface area contributed by atoms with E-state index < -0.39 is 41.6 Å². The third-order valence-corrected chi connectivity index (χ3v) is 8.59. The quantitative estimate of drug-likeness (QED) is 0.476. The van der Waals surface area contributed by atoms with Crippen LogP contribution in [-0.4, -0.2) is 68.9 Å². The van der Waals surface area contributed by atoms with E-state index in [1.807, 2.05) is 39.0 Å². The van der Waals surface area contributed by atoms with Gasteiger partial charge in [-0.25, -0.2) is 14.6 Å². The van der Waals surface area contributed by atoms with Crippen LogP contribution in [0.4, 0.5) is 4.79 Å². The van der Waals surface area contributed by atoms with Gasteiger partial charge in [0.25, 0.3) is 0 Å². The second-order valence-electron chi connectivity index (χ2n) is 12.5. The lowest BCUT2D eigenvalue weighted by Gasteiger charge is -2.34. The Morgan fingerprint density at radius 3 is 2.60 bits per heavy atom. The fraction of sp³-hybridized carbons (Fsp3) is 0.600. The molecule has 1 saturated carbocycles. The second-order valence-corrected chi connectivity index (χ2v) is 12.5. The molecule has 0 spiro atoms. The fourth-order valence-corrected chi connectivity index (χ4v) is 6.13. The van der Waals surface area contributed by atoms with E-state index in [0.29, 0.717) is 22.9 Å². The summed E-state index contributed by atoms with van der Waals surface area (Å²) in [5, 5.41) is 24.6. The maximum Gasteiger partial charge on any atom is 0.408 e. The number of amides is 2. The van der Waals surface area contributed by atoms with Gasteiger partial charge in [-0.15, -0.1) is 0 Å². The molecule has 1 aromatic carbocycles. The molecule has 2 aromatic rings. The Hall–Kier alpha value is -3.56. The lowest BCUT2D eigenvalue weighted by molar-refractivity contribution is -0.150. The number of aromatic hydroxyl groups is 1. The maximum atomic E-state index is 13.8. The summed E-state index contributed by atoms with van der Waals surface area (Å²) in [6, 6.07) is 5.15. The normalized spacial score (nSPS) is 29.8. The summed E-state index contributed by atoms with van der Waals surface area (Å²) in [4.78, 5) is 44.9. The fourth-order valence-electron chi connectivity index (χ4n) is 6.13. The van der Waals surface area contributed by atoms with E-state index in [1.54, 1.807) is 6.07 Å². The Morgan fingerprint density at radius 2 is 1.88 bits per heavy atom. The zero-order valence-corrected chi connectivity index (χ0v) is 23.6. The van der Waals surface area contributed by atoms with Crippen LogP contribution in [-0.2, 0) is 20.7 Å². The second kappa shape index (κ2) is 10.8. The maximum absolute atomic E-state index is 13.8. The van der Waals surface area contributed by atoms with Gasteiger partial charge in [0.05, 0.1) is 17.6 Å². The van der Waals surface area contributed by atoms with E-state index >= 15 is 0 Å². The van der Waals surface area contributed by atoms with Crippen LogP contribution < -0.4 is 10.1 Å². The molecule has 2 aliphatic heterocycles. The number of carbonyl (C=O) groups is 3. The molecule has 5 rings (SSSR count). The molecular formula is C30H39N3O7. The Morgan fingerprint density at radius 1 is 1.12 bits per heavy atom. The number of hydrogen-bond acceptors (Lipinski definition) is 7. The predicted molar refractivity (Wildman–Crippen MR) is 147 cm³/mol. The van der Waals surface area contributed by atoms with E-state index in [-0.39, 0.29) is 42.5 Å². The Bertz CT molecular complexity index is 1310. The molecule has 3 aliphatic rings. The van der Waals surface area contributed by atoms with Crippen LogP contribution in [0.15, 0.2) is 24.3 Å². The van der Waals surface area contributed by atoms with Gasteiger partial charge >= 0.3 is 12.1 Å². The summed E-state index contributed by atoms with van der Waals surface area (Å²) >= 11 is 0. The van der Waals surface area contributed by atoms with E-state index in [1.165, 1.54) is 4.90 Å². The molecule has 1 saturated heterocycles. The number of hydrogen-bond donors (Lipinski definition) is 3. The highest BCUT2D eigenvalue weighted by Crippen LogP contribution is 2.45. The van der Waals surface area contributed by atoms with Crippen molar-refractivity contribution >= 4 is 28.9 Å². The Balaban J connectivity index is 1.50. The monoisotopic (exact) mass is 553 g/mol. The minimum absolute atomic E-state index is 0.00947. The summed E-state index contributed by atoms with van der Waals surface area (Å²) in [5.74, 6) is -0.759. The molecule has 6 atom stereocenters. The molecule has 1 unspecified atom stereocenters. The summed E-state index contributed by atoms with van der Waals surface area (Å²) in [7, 11) is 0. The number of carboxylic acid groups (broad SMARTS) is 1. The lowest BCUT2D eigenvalue weighted by Crippen LogP contribution is -2.57. The number of carbonyl (C=O) groups excluding carboxylic acids is 2. The molecule has 1 aromatic heterocycles. The van der Waals surface area contributed by atoms with E-state index in [0.717, 1.165) is 25.7 Å². The number of aromatic nitrogens is 1. The van der Waals surface area contributed by atoms with Crippen LogP contribution in [0, 0.1) is 17.3 Å². The van der Waals surface area contributed by atoms with Gasteiger partial charge in [0.1, 0.15) is 30.0 Å². The molecule has 40 heavy (non-hydrogen) atoms. The first-order chi connectivity index (χ1) is 19.0. The van der Waals surface area contributed by atoms with Gasteiger partial charge in [-0.3, -0.25) is 4.79 Å². The van der Waals surface area contributed by atoms with Crippen molar-refractivity contribution in [2.45, 2.75) is 90.5 Å². The summed E-state index contributed by atoms with van der Waals surface area (Å²) in [5.41, 5.74) is 0.468. The first kappa shape index (κ1) is 28.0. The number of carboxylic acids is 1. The van der Waals surface area contributed by atoms with Crippen molar-refractivity contribution in [3.8, 4) is 11.6 Å². The van der Waals surface area contributed by atoms with Crippen LogP contribution in [0.5, 0.6) is 11.6 Å². The van der Waals surface area contributed by atoms with Crippen LogP contribution in [0.2, 0.25) is 0 Å². The molecule has 216 valence electrons. The average Bonchev–Trinajstić information content (AvgIpc) is 3.28. The number of ether oxygens (including phenoxy) is 2. The van der Waals surface area contributed by atoms with Crippen LogP contribution in [0.1, 0.15) is 65.4 Å². The smallest absolute Gasteiger partial charge is 0.408 e. The third kappa shape index (κ3) is 5.53. The van der Waals surface area contributed by atoms with Crippen LogP contribution in [0.3, 0.4) is 0 Å². The minimum Gasteiger partial charge on any atom is -0.507 e. The molecule has 1 aliphatic carbocycles. The number of nitrogens with zero attached hydrogens (tertiary/aromatic N) is 2. The highest BCUT2D eigenvalue weighted by Gasteiger charge is 2.50. The standard InChI is InChI=1S/C30H39N3O7/c1-16-18-10-6-5-7-12-20-23(34)19-11-8-9-13-21(19)31-26(20)39-17-14-22(28(36)37)33(15-17)27(35)25(30(2,3)4)32-29(38)40-24(16)18/h8-9,11,13,16-18,22,24-25H,5-7,10,12,14-15H2,1-4H3,(H,31,34)(H,32,38)(H,36,37)/t16?,17-,18-,22+,24-,25-/m1/s1. The molecule has 3 N–H and O–H groups in total. The molecule has 10 nitrogen and oxygen atoms in total. The summed E-state index contributed by atoms with van der Waals surface area (Å²) < 4.78 is 12.0. The number of benzene rings is 1. The highest BCUT2D eigenvalue weighted by molar-refractivity contribution is 5.90.